The zero-order chi connectivity index (χ0) is 19.9. The molecule has 0 bridgehead atoms. The second-order valence-corrected chi connectivity index (χ2v) is 21.4. The van der Waals surface area contributed by atoms with Crippen molar-refractivity contribution in [1.82, 2.24) is 4.57 Å². The first-order chi connectivity index (χ1) is 11.2. The molecule has 0 rings (SSSR count). The molecule has 0 spiro atoms. The molecule has 0 fully saturated rings. The van der Waals surface area contributed by atoms with E-state index in [0.29, 0.717) is 6.61 Å². The number of carbonyl (C=O) groups is 1. The Balaban J connectivity index is 4.90. The van der Waals surface area contributed by atoms with Gasteiger partial charge in [0.1, 0.15) is 0 Å². The van der Waals surface area contributed by atoms with Crippen LogP contribution in [0.1, 0.15) is 33.6 Å². The lowest BCUT2D eigenvalue weighted by atomic mass is 10.3. The van der Waals surface area contributed by atoms with E-state index in [0.717, 1.165) is 25.4 Å². The molecule has 5 nitrogen and oxygen atoms in total. The van der Waals surface area contributed by atoms with Crippen LogP contribution in [0.25, 0.3) is 0 Å². The van der Waals surface area contributed by atoms with E-state index in [2.05, 4.69) is 40.0 Å². The SMILES string of the molecule is CCO[Si](C)(CCCN(C(=O)O[Si](C)(C)C)[Si](C)(C)C)OC(C)CC. The third-order valence-corrected chi connectivity index (χ3v) is 9.79. The zero-order valence-corrected chi connectivity index (χ0v) is 21.2. The van der Waals surface area contributed by atoms with Crippen molar-refractivity contribution in [1.29, 1.82) is 0 Å². The number of rotatable bonds is 11. The Bertz CT molecular complexity index is 410. The summed E-state index contributed by atoms with van der Waals surface area (Å²) in [6.07, 6.45) is 1.96. The van der Waals surface area contributed by atoms with Crippen molar-refractivity contribution in [2.24, 2.45) is 0 Å². The quantitative estimate of drug-likeness (QED) is 0.430. The molecule has 0 radical (unpaired) electrons. The average molecular weight is 408 g/mol. The fourth-order valence-electron chi connectivity index (χ4n) is 2.56. The molecule has 0 saturated carbocycles. The van der Waals surface area contributed by atoms with Gasteiger partial charge in [-0.2, -0.15) is 0 Å². The summed E-state index contributed by atoms with van der Waals surface area (Å²) >= 11 is 0. The molecule has 0 aliphatic heterocycles. The fourth-order valence-corrected chi connectivity index (χ4v) is 7.46. The van der Waals surface area contributed by atoms with Gasteiger partial charge in [-0.1, -0.05) is 26.6 Å². The lowest BCUT2D eigenvalue weighted by Crippen LogP contribution is -2.53. The van der Waals surface area contributed by atoms with Gasteiger partial charge in [0.2, 0.25) is 8.32 Å². The Hall–Kier alpha value is -0.159. The number of carbonyl (C=O) groups excluding carboxylic acids is 1. The van der Waals surface area contributed by atoms with Gasteiger partial charge in [-0.25, -0.2) is 4.79 Å². The Morgan fingerprint density at radius 3 is 2.00 bits per heavy atom. The van der Waals surface area contributed by atoms with Crippen LogP contribution >= 0.6 is 0 Å². The summed E-state index contributed by atoms with van der Waals surface area (Å²) < 4.78 is 20.0. The van der Waals surface area contributed by atoms with Crippen molar-refractivity contribution in [3.63, 3.8) is 0 Å². The summed E-state index contributed by atoms with van der Waals surface area (Å²) in [4.78, 5) is 12.6. The molecule has 0 N–H and O–H groups in total. The molecule has 1 amide bonds. The average Bonchev–Trinajstić information content (AvgIpc) is 2.40. The first-order valence-corrected chi connectivity index (χ1v) is 18.9. The Kier molecular flexibility index (Phi) is 10.2. The van der Waals surface area contributed by atoms with E-state index in [9.17, 15) is 4.79 Å². The molecular weight excluding hydrogens is 366 g/mol. The highest BCUT2D eigenvalue weighted by Gasteiger charge is 2.36. The first-order valence-electron chi connectivity index (χ1n) is 9.56. The zero-order valence-electron chi connectivity index (χ0n) is 18.2. The second-order valence-electron chi connectivity index (χ2n) is 8.81. The van der Waals surface area contributed by atoms with E-state index in [-0.39, 0.29) is 12.2 Å². The van der Waals surface area contributed by atoms with Crippen LogP contribution in [0.15, 0.2) is 0 Å². The van der Waals surface area contributed by atoms with E-state index >= 15 is 0 Å². The molecule has 0 aliphatic rings. The van der Waals surface area contributed by atoms with Crippen LogP contribution in [0.2, 0.25) is 51.9 Å². The second kappa shape index (κ2) is 10.2. The topological polar surface area (TPSA) is 48.0 Å². The summed E-state index contributed by atoms with van der Waals surface area (Å²) in [7, 11) is -5.87. The van der Waals surface area contributed by atoms with Crippen molar-refractivity contribution in [3.05, 3.63) is 0 Å². The minimum Gasteiger partial charge on any atom is -0.505 e. The number of nitrogens with zero attached hydrogens (tertiary/aromatic N) is 1. The molecule has 0 heterocycles. The fraction of sp³-hybridized carbons (Fsp3) is 0.941. The van der Waals surface area contributed by atoms with Gasteiger partial charge in [0.05, 0.1) is 0 Å². The maximum atomic E-state index is 12.6. The maximum Gasteiger partial charge on any atom is 0.388 e. The monoisotopic (exact) mass is 407 g/mol. The number of hydrogen-bond acceptors (Lipinski definition) is 4. The van der Waals surface area contributed by atoms with Crippen molar-refractivity contribution in [3.8, 4) is 0 Å². The summed E-state index contributed by atoms with van der Waals surface area (Å²) in [5, 5.41) is 0. The third-order valence-electron chi connectivity index (χ3n) is 3.91. The minimum atomic E-state index is -2.20. The van der Waals surface area contributed by atoms with E-state index in [4.69, 9.17) is 13.3 Å². The van der Waals surface area contributed by atoms with Gasteiger partial charge in [0.25, 0.3) is 0 Å². The van der Waals surface area contributed by atoms with Crippen molar-refractivity contribution >= 4 is 31.2 Å². The summed E-state index contributed by atoms with van der Waals surface area (Å²) in [6.45, 7) is 22.5. The van der Waals surface area contributed by atoms with Gasteiger partial charge in [0, 0.05) is 19.3 Å². The van der Waals surface area contributed by atoms with Crippen LogP contribution < -0.4 is 0 Å². The largest absolute Gasteiger partial charge is 0.505 e. The molecule has 150 valence electrons. The van der Waals surface area contributed by atoms with E-state index in [1.54, 1.807) is 0 Å². The van der Waals surface area contributed by atoms with Crippen LogP contribution in [0.5, 0.6) is 0 Å². The first kappa shape index (κ1) is 24.8. The van der Waals surface area contributed by atoms with Gasteiger partial charge < -0.3 is 17.8 Å². The highest BCUT2D eigenvalue weighted by atomic mass is 28.4. The van der Waals surface area contributed by atoms with Crippen molar-refractivity contribution < 1.29 is 18.1 Å². The summed E-state index contributed by atoms with van der Waals surface area (Å²) in [5.41, 5.74) is 0. The number of amides is 1. The molecule has 0 aromatic carbocycles. The van der Waals surface area contributed by atoms with Crippen LogP contribution in [-0.2, 0) is 13.3 Å². The van der Waals surface area contributed by atoms with E-state index < -0.39 is 25.1 Å². The molecule has 2 atom stereocenters. The highest BCUT2D eigenvalue weighted by molar-refractivity contribution is 6.76. The molecule has 2 unspecified atom stereocenters. The maximum absolute atomic E-state index is 12.6. The Morgan fingerprint density at radius 1 is 1.04 bits per heavy atom. The Labute approximate surface area is 158 Å². The molecule has 25 heavy (non-hydrogen) atoms. The molecule has 0 aromatic heterocycles. The summed E-state index contributed by atoms with van der Waals surface area (Å²) in [5.74, 6) is 0. The smallest absolute Gasteiger partial charge is 0.388 e. The van der Waals surface area contributed by atoms with Crippen LogP contribution in [-0.4, -0.2) is 55.0 Å². The highest BCUT2D eigenvalue weighted by Crippen LogP contribution is 2.22. The third kappa shape index (κ3) is 10.5. The molecular formula is C17H41NO4Si3. The van der Waals surface area contributed by atoms with Gasteiger partial charge in [-0.15, -0.1) is 0 Å². The molecule has 8 heteroatoms. The Morgan fingerprint density at radius 2 is 1.60 bits per heavy atom. The summed E-state index contributed by atoms with van der Waals surface area (Å²) in [6, 6.07) is 0.895. The number of hydrogen-bond donors (Lipinski definition) is 0. The lowest BCUT2D eigenvalue weighted by Gasteiger charge is -2.36. The lowest BCUT2D eigenvalue weighted by molar-refractivity contribution is 0.126. The van der Waals surface area contributed by atoms with E-state index in [1.165, 1.54) is 0 Å². The molecule has 0 aliphatic carbocycles. The van der Waals surface area contributed by atoms with Crippen LogP contribution in [0.4, 0.5) is 4.79 Å². The van der Waals surface area contributed by atoms with Gasteiger partial charge >= 0.3 is 14.7 Å². The minimum absolute atomic E-state index is 0.138. The van der Waals surface area contributed by atoms with Gasteiger partial charge in [-0.05, 0) is 58.9 Å². The van der Waals surface area contributed by atoms with Crippen molar-refractivity contribution in [2.75, 3.05) is 13.2 Å². The normalized spacial score (nSPS) is 16.2. The van der Waals surface area contributed by atoms with Gasteiger partial charge in [0.15, 0.2) is 8.24 Å². The van der Waals surface area contributed by atoms with Crippen LogP contribution in [0.3, 0.4) is 0 Å². The van der Waals surface area contributed by atoms with Crippen molar-refractivity contribution in [2.45, 2.75) is 91.6 Å². The van der Waals surface area contributed by atoms with Crippen LogP contribution in [0, 0.1) is 0 Å². The van der Waals surface area contributed by atoms with E-state index in [1.807, 2.05) is 31.1 Å². The van der Waals surface area contributed by atoms with Gasteiger partial charge in [-0.3, -0.25) is 0 Å². The predicted octanol–water partition coefficient (Wildman–Crippen LogP) is 5.41. The molecule has 0 aromatic rings. The predicted molar refractivity (Wildman–Crippen MR) is 113 cm³/mol. The standard InChI is InChI=1S/C17H41NO4Si3/c1-11-16(3)21-25(10,20-12-2)15-13-14-18(23(4,5)6)17(19)22-24(7,8)9/h16H,11-15H2,1-10H3. The molecule has 0 saturated heterocycles.